The number of ether oxygens (including phenoxy) is 1. The number of rotatable bonds is 4. The molecule has 3 nitrogen and oxygen atoms in total. The Morgan fingerprint density at radius 1 is 1.40 bits per heavy atom. The SMILES string of the molecule is CNC1c2ccccc2CC1SCC(=O)OC(C)(C)C. The highest BCUT2D eigenvalue weighted by Gasteiger charge is 2.32. The number of benzene rings is 1. The summed E-state index contributed by atoms with van der Waals surface area (Å²) >= 11 is 1.69. The number of hydrogen-bond donors (Lipinski definition) is 1. The number of carbonyl (C=O) groups excluding carboxylic acids is 1. The van der Waals surface area contributed by atoms with Crippen molar-refractivity contribution in [2.24, 2.45) is 0 Å². The van der Waals surface area contributed by atoms with E-state index < -0.39 is 5.60 Å². The molecule has 1 aliphatic rings. The average molecular weight is 293 g/mol. The van der Waals surface area contributed by atoms with Gasteiger partial charge in [-0.15, -0.1) is 11.8 Å². The van der Waals surface area contributed by atoms with Crippen molar-refractivity contribution in [1.29, 1.82) is 0 Å². The molecule has 0 heterocycles. The van der Waals surface area contributed by atoms with Gasteiger partial charge in [0, 0.05) is 11.3 Å². The van der Waals surface area contributed by atoms with Crippen molar-refractivity contribution in [3.05, 3.63) is 35.4 Å². The summed E-state index contributed by atoms with van der Waals surface area (Å²) in [7, 11) is 1.98. The van der Waals surface area contributed by atoms with Crippen molar-refractivity contribution in [3.8, 4) is 0 Å². The van der Waals surface area contributed by atoms with Gasteiger partial charge in [-0.25, -0.2) is 0 Å². The van der Waals surface area contributed by atoms with E-state index in [1.807, 2.05) is 27.8 Å². The van der Waals surface area contributed by atoms with E-state index in [1.54, 1.807) is 11.8 Å². The smallest absolute Gasteiger partial charge is 0.316 e. The molecule has 0 fully saturated rings. The van der Waals surface area contributed by atoms with Gasteiger partial charge in [-0.05, 0) is 45.4 Å². The quantitative estimate of drug-likeness (QED) is 0.866. The second kappa shape index (κ2) is 6.19. The Bertz CT molecular complexity index is 482. The fourth-order valence-electron chi connectivity index (χ4n) is 2.60. The molecule has 0 saturated heterocycles. The topological polar surface area (TPSA) is 38.3 Å². The van der Waals surface area contributed by atoms with Crippen molar-refractivity contribution in [3.63, 3.8) is 0 Å². The monoisotopic (exact) mass is 293 g/mol. The predicted molar refractivity (Wildman–Crippen MR) is 84.0 cm³/mol. The standard InChI is InChI=1S/C16H23NO2S/c1-16(2,3)19-14(18)10-20-13-9-11-7-5-6-8-12(11)15(13)17-4/h5-8,13,15,17H,9-10H2,1-4H3. The summed E-state index contributed by atoms with van der Waals surface area (Å²) in [6, 6.07) is 8.81. The minimum Gasteiger partial charge on any atom is -0.459 e. The van der Waals surface area contributed by atoms with Crippen LogP contribution in [0.3, 0.4) is 0 Å². The van der Waals surface area contributed by atoms with Crippen LogP contribution in [0.2, 0.25) is 0 Å². The van der Waals surface area contributed by atoms with E-state index in [1.165, 1.54) is 11.1 Å². The van der Waals surface area contributed by atoms with Gasteiger partial charge in [0.05, 0.1) is 5.75 Å². The molecule has 2 atom stereocenters. The molecule has 20 heavy (non-hydrogen) atoms. The van der Waals surface area contributed by atoms with E-state index in [2.05, 4.69) is 29.6 Å². The zero-order valence-electron chi connectivity index (χ0n) is 12.6. The highest BCUT2D eigenvalue weighted by atomic mass is 32.2. The average Bonchev–Trinajstić information content (AvgIpc) is 2.71. The molecule has 1 aromatic rings. The summed E-state index contributed by atoms with van der Waals surface area (Å²) in [5.41, 5.74) is 2.34. The lowest BCUT2D eigenvalue weighted by molar-refractivity contribution is -0.151. The second-order valence-electron chi connectivity index (χ2n) is 6.11. The number of nitrogens with one attached hydrogen (secondary N) is 1. The molecule has 0 amide bonds. The van der Waals surface area contributed by atoms with E-state index in [0.29, 0.717) is 17.0 Å². The number of carbonyl (C=O) groups is 1. The maximum atomic E-state index is 11.8. The van der Waals surface area contributed by atoms with Gasteiger partial charge in [0.1, 0.15) is 5.60 Å². The Hall–Kier alpha value is -1.00. The number of thioether (sulfide) groups is 1. The van der Waals surface area contributed by atoms with Crippen LogP contribution < -0.4 is 5.32 Å². The van der Waals surface area contributed by atoms with Gasteiger partial charge < -0.3 is 10.1 Å². The fourth-order valence-corrected chi connectivity index (χ4v) is 3.78. The minimum absolute atomic E-state index is 0.131. The summed E-state index contributed by atoms with van der Waals surface area (Å²) in [5, 5.41) is 3.76. The van der Waals surface area contributed by atoms with Crippen molar-refractivity contribution >= 4 is 17.7 Å². The molecule has 0 saturated carbocycles. The van der Waals surface area contributed by atoms with Gasteiger partial charge in [-0.1, -0.05) is 24.3 Å². The Kier molecular flexibility index (Phi) is 4.76. The molecule has 2 rings (SSSR count). The van der Waals surface area contributed by atoms with Gasteiger partial charge in [-0.2, -0.15) is 0 Å². The molecule has 110 valence electrons. The third kappa shape index (κ3) is 3.76. The number of esters is 1. The molecular weight excluding hydrogens is 270 g/mol. The van der Waals surface area contributed by atoms with Gasteiger partial charge in [0.25, 0.3) is 0 Å². The lowest BCUT2D eigenvalue weighted by atomic mass is 10.1. The largest absolute Gasteiger partial charge is 0.459 e. The van der Waals surface area contributed by atoms with E-state index in [0.717, 1.165) is 6.42 Å². The molecule has 1 N–H and O–H groups in total. The Labute approximate surface area is 125 Å². The van der Waals surface area contributed by atoms with Crippen molar-refractivity contribution in [2.75, 3.05) is 12.8 Å². The van der Waals surface area contributed by atoms with Crippen LogP contribution in [0, 0.1) is 0 Å². The van der Waals surface area contributed by atoms with Gasteiger partial charge in [0.2, 0.25) is 0 Å². The summed E-state index contributed by atoms with van der Waals surface area (Å²) < 4.78 is 5.36. The van der Waals surface area contributed by atoms with Gasteiger partial charge in [-0.3, -0.25) is 4.79 Å². The van der Waals surface area contributed by atoms with Crippen molar-refractivity contribution in [1.82, 2.24) is 5.32 Å². The van der Waals surface area contributed by atoms with E-state index in [-0.39, 0.29) is 5.97 Å². The predicted octanol–water partition coefficient (Wildman–Crippen LogP) is 2.95. The second-order valence-corrected chi connectivity index (χ2v) is 7.33. The van der Waals surface area contributed by atoms with Crippen LogP contribution in [-0.4, -0.2) is 29.6 Å². The first kappa shape index (κ1) is 15.4. The number of fused-ring (bicyclic) bond motifs is 1. The van der Waals surface area contributed by atoms with E-state index >= 15 is 0 Å². The van der Waals surface area contributed by atoms with Gasteiger partial charge in [0.15, 0.2) is 0 Å². The zero-order valence-corrected chi connectivity index (χ0v) is 13.4. The molecule has 0 bridgehead atoms. The Balaban J connectivity index is 1.93. The van der Waals surface area contributed by atoms with E-state index in [9.17, 15) is 4.79 Å². The Morgan fingerprint density at radius 2 is 2.10 bits per heavy atom. The summed E-state index contributed by atoms with van der Waals surface area (Å²) in [6.07, 6.45) is 1.01. The summed E-state index contributed by atoms with van der Waals surface area (Å²) in [4.78, 5) is 11.8. The summed E-state index contributed by atoms with van der Waals surface area (Å²) in [5.74, 6) is 0.280. The maximum absolute atomic E-state index is 11.8. The highest BCUT2D eigenvalue weighted by Crippen LogP contribution is 2.38. The molecule has 1 aromatic carbocycles. The fraction of sp³-hybridized carbons (Fsp3) is 0.562. The van der Waals surface area contributed by atoms with Gasteiger partial charge >= 0.3 is 5.97 Å². The number of hydrogen-bond acceptors (Lipinski definition) is 4. The van der Waals surface area contributed by atoms with Crippen LogP contribution in [0.4, 0.5) is 0 Å². The van der Waals surface area contributed by atoms with Crippen molar-refractivity contribution in [2.45, 2.75) is 44.1 Å². The molecule has 0 spiro atoms. The third-order valence-corrected chi connectivity index (χ3v) is 4.60. The first-order valence-corrected chi connectivity index (χ1v) is 8.04. The molecule has 2 unspecified atom stereocenters. The summed E-state index contributed by atoms with van der Waals surface area (Å²) in [6.45, 7) is 5.70. The van der Waals surface area contributed by atoms with Crippen molar-refractivity contribution < 1.29 is 9.53 Å². The minimum atomic E-state index is -0.404. The molecule has 4 heteroatoms. The molecule has 1 aliphatic carbocycles. The third-order valence-electron chi connectivity index (χ3n) is 3.33. The Morgan fingerprint density at radius 3 is 2.75 bits per heavy atom. The van der Waals surface area contributed by atoms with Crippen LogP contribution >= 0.6 is 11.8 Å². The maximum Gasteiger partial charge on any atom is 0.316 e. The van der Waals surface area contributed by atoms with Crippen LogP contribution in [0.25, 0.3) is 0 Å². The lowest BCUT2D eigenvalue weighted by Gasteiger charge is -2.22. The zero-order chi connectivity index (χ0) is 14.8. The lowest BCUT2D eigenvalue weighted by Crippen LogP contribution is -2.27. The molecule has 0 aliphatic heterocycles. The van der Waals surface area contributed by atoms with Crippen LogP contribution in [0.1, 0.15) is 37.9 Å². The molecule has 0 aromatic heterocycles. The van der Waals surface area contributed by atoms with Crippen LogP contribution in [0.5, 0.6) is 0 Å². The first-order valence-electron chi connectivity index (χ1n) is 6.99. The van der Waals surface area contributed by atoms with Crippen LogP contribution in [0.15, 0.2) is 24.3 Å². The van der Waals surface area contributed by atoms with E-state index in [4.69, 9.17) is 4.74 Å². The molecule has 0 radical (unpaired) electrons. The normalized spacial score (nSPS) is 21.6. The highest BCUT2D eigenvalue weighted by molar-refractivity contribution is 8.00. The first-order chi connectivity index (χ1) is 9.40. The van der Waals surface area contributed by atoms with Crippen LogP contribution in [-0.2, 0) is 16.0 Å². The molecular formula is C16H23NO2S.